The number of carbonyl (C=O) groups is 1. The van der Waals surface area contributed by atoms with Gasteiger partial charge in [0.15, 0.2) is 0 Å². The predicted octanol–water partition coefficient (Wildman–Crippen LogP) is 2.69. The van der Waals surface area contributed by atoms with Crippen molar-refractivity contribution >= 4 is 39.6 Å². The Bertz CT molecular complexity index is 727. The number of hydrogen-bond donors (Lipinski definition) is 0. The fraction of sp³-hybridized carbons (Fsp3) is 0.312. The van der Waals surface area contributed by atoms with Crippen LogP contribution < -0.4 is 19.6 Å². The van der Waals surface area contributed by atoms with Crippen LogP contribution in [-0.4, -0.2) is 40.9 Å². The lowest BCUT2D eigenvalue weighted by molar-refractivity contribution is 0.253. The molecule has 4 rings (SSSR count). The van der Waals surface area contributed by atoms with Gasteiger partial charge in [0.05, 0.1) is 18.0 Å². The van der Waals surface area contributed by atoms with E-state index in [1.54, 1.807) is 9.80 Å². The number of benzene rings is 2. The van der Waals surface area contributed by atoms with E-state index in [9.17, 15) is 4.79 Å². The highest BCUT2D eigenvalue weighted by Crippen LogP contribution is 2.48. The van der Waals surface area contributed by atoms with Crippen LogP contribution in [0.25, 0.3) is 10.8 Å². The van der Waals surface area contributed by atoms with E-state index in [0.29, 0.717) is 0 Å². The topological polar surface area (TPSA) is 30.0 Å². The Morgan fingerprint density at radius 1 is 0.714 bits per heavy atom. The van der Waals surface area contributed by atoms with E-state index in [-0.39, 0.29) is 6.03 Å². The maximum absolute atomic E-state index is 12.3. The molecule has 0 fully saturated rings. The highest BCUT2D eigenvalue weighted by atomic mass is 16.2. The molecule has 0 aromatic heterocycles. The molecule has 0 atom stereocenters. The van der Waals surface area contributed by atoms with Gasteiger partial charge in [0.25, 0.3) is 0 Å². The molecular formula is C16H18N4O. The van der Waals surface area contributed by atoms with Gasteiger partial charge >= 0.3 is 6.03 Å². The van der Waals surface area contributed by atoms with Gasteiger partial charge in [-0.05, 0) is 24.3 Å². The Morgan fingerprint density at radius 2 is 1.10 bits per heavy atom. The molecule has 0 saturated heterocycles. The minimum atomic E-state index is 0.00284. The van der Waals surface area contributed by atoms with Crippen LogP contribution in [0.2, 0.25) is 0 Å². The summed E-state index contributed by atoms with van der Waals surface area (Å²) >= 11 is 0. The first-order valence-electron chi connectivity index (χ1n) is 7.04. The van der Waals surface area contributed by atoms with Gasteiger partial charge in [-0.1, -0.05) is 0 Å². The zero-order chi connectivity index (χ0) is 14.9. The Morgan fingerprint density at radius 3 is 1.57 bits per heavy atom. The van der Waals surface area contributed by atoms with Crippen LogP contribution in [0.3, 0.4) is 0 Å². The molecule has 2 aliphatic rings. The molecule has 2 aromatic rings. The van der Waals surface area contributed by atoms with Gasteiger partial charge in [0, 0.05) is 50.3 Å². The molecule has 0 aliphatic carbocycles. The van der Waals surface area contributed by atoms with Crippen molar-refractivity contribution in [2.24, 2.45) is 0 Å². The van der Waals surface area contributed by atoms with Crippen molar-refractivity contribution in [2.75, 3.05) is 54.5 Å². The summed E-state index contributed by atoms with van der Waals surface area (Å²) in [7, 11) is 7.87. The molecule has 2 aliphatic heterocycles. The lowest BCUT2D eigenvalue weighted by Gasteiger charge is -2.39. The number of amides is 2. The van der Waals surface area contributed by atoms with Crippen molar-refractivity contribution in [1.29, 1.82) is 0 Å². The van der Waals surface area contributed by atoms with Crippen LogP contribution in [0.5, 0.6) is 0 Å². The minimum absolute atomic E-state index is 0.00284. The lowest BCUT2D eigenvalue weighted by Crippen LogP contribution is -2.42. The molecule has 108 valence electrons. The molecule has 0 saturated carbocycles. The second-order valence-electron chi connectivity index (χ2n) is 5.90. The number of anilines is 4. The molecule has 0 unspecified atom stereocenters. The Labute approximate surface area is 123 Å². The molecule has 0 radical (unpaired) electrons. The second kappa shape index (κ2) is 3.81. The maximum atomic E-state index is 12.3. The third-order valence-corrected chi connectivity index (χ3v) is 4.62. The Kier molecular flexibility index (Phi) is 2.24. The van der Waals surface area contributed by atoms with Gasteiger partial charge in [-0.3, -0.25) is 9.80 Å². The van der Waals surface area contributed by atoms with Crippen molar-refractivity contribution in [1.82, 2.24) is 0 Å². The van der Waals surface area contributed by atoms with E-state index in [2.05, 4.69) is 48.2 Å². The molecule has 0 spiro atoms. The number of urea groups is 1. The summed E-state index contributed by atoms with van der Waals surface area (Å²) in [6.45, 7) is 0.866. The first-order valence-corrected chi connectivity index (χ1v) is 7.04. The average Bonchev–Trinajstić information content (AvgIpc) is 2.48. The first-order chi connectivity index (χ1) is 10.0. The van der Waals surface area contributed by atoms with Crippen molar-refractivity contribution in [3.8, 4) is 0 Å². The minimum Gasteiger partial charge on any atom is -0.356 e. The van der Waals surface area contributed by atoms with Gasteiger partial charge in [-0.2, -0.15) is 0 Å². The highest BCUT2D eigenvalue weighted by molar-refractivity contribution is 6.24. The van der Waals surface area contributed by atoms with Crippen molar-refractivity contribution in [3.63, 3.8) is 0 Å². The summed E-state index contributed by atoms with van der Waals surface area (Å²) < 4.78 is 0. The monoisotopic (exact) mass is 282 g/mol. The van der Waals surface area contributed by atoms with Crippen LogP contribution in [0.1, 0.15) is 0 Å². The fourth-order valence-electron chi connectivity index (χ4n) is 3.52. The number of rotatable bonds is 0. The lowest BCUT2D eigenvalue weighted by atomic mass is 9.98. The summed E-state index contributed by atoms with van der Waals surface area (Å²) in [4.78, 5) is 20.3. The zero-order valence-corrected chi connectivity index (χ0v) is 12.7. The molecule has 0 N–H and O–H groups in total. The standard InChI is InChI=1S/C16H18N4O/c1-17-9-18(2)11-6-8-13-15-12(7-5-10(17)14(11)15)19(3)16(21)20(13)4/h5-8H,9H2,1-4H3. The Balaban J connectivity index is 2.18. The number of hydrogen-bond acceptors (Lipinski definition) is 3. The summed E-state index contributed by atoms with van der Waals surface area (Å²) in [5.41, 5.74) is 4.41. The normalized spacial score (nSPS) is 17.0. The van der Waals surface area contributed by atoms with Crippen LogP contribution in [0, 0.1) is 0 Å². The number of nitrogens with zero attached hydrogens (tertiary/aromatic N) is 4. The molecule has 21 heavy (non-hydrogen) atoms. The number of carbonyl (C=O) groups excluding carboxylic acids is 1. The molecule has 0 bridgehead atoms. The van der Waals surface area contributed by atoms with E-state index in [1.165, 1.54) is 16.8 Å². The second-order valence-corrected chi connectivity index (χ2v) is 5.90. The summed E-state index contributed by atoms with van der Waals surface area (Å²) in [6.07, 6.45) is 0. The Hall–Kier alpha value is -2.43. The van der Waals surface area contributed by atoms with Crippen LogP contribution in [0.4, 0.5) is 27.5 Å². The van der Waals surface area contributed by atoms with E-state index in [1.807, 2.05) is 14.1 Å². The van der Waals surface area contributed by atoms with E-state index in [4.69, 9.17) is 0 Å². The molecular weight excluding hydrogens is 264 g/mol. The van der Waals surface area contributed by atoms with Crippen molar-refractivity contribution in [3.05, 3.63) is 24.3 Å². The summed E-state index contributed by atoms with van der Waals surface area (Å²) in [5.74, 6) is 0. The largest absolute Gasteiger partial charge is 0.356 e. The van der Waals surface area contributed by atoms with E-state index in [0.717, 1.165) is 23.4 Å². The van der Waals surface area contributed by atoms with Gasteiger partial charge in [-0.15, -0.1) is 0 Å². The van der Waals surface area contributed by atoms with Gasteiger partial charge in [0.2, 0.25) is 0 Å². The smallest absolute Gasteiger partial charge is 0.328 e. The fourth-order valence-corrected chi connectivity index (χ4v) is 3.52. The maximum Gasteiger partial charge on any atom is 0.328 e. The molecule has 5 nitrogen and oxygen atoms in total. The van der Waals surface area contributed by atoms with Crippen LogP contribution in [0.15, 0.2) is 24.3 Å². The molecule has 5 heteroatoms. The molecule has 2 amide bonds. The van der Waals surface area contributed by atoms with Crippen molar-refractivity contribution in [2.45, 2.75) is 0 Å². The summed E-state index contributed by atoms with van der Waals surface area (Å²) in [5, 5.41) is 2.39. The summed E-state index contributed by atoms with van der Waals surface area (Å²) in [6, 6.07) is 8.35. The third-order valence-electron chi connectivity index (χ3n) is 4.62. The van der Waals surface area contributed by atoms with Crippen molar-refractivity contribution < 1.29 is 4.79 Å². The van der Waals surface area contributed by atoms with E-state index >= 15 is 0 Å². The zero-order valence-electron chi connectivity index (χ0n) is 12.7. The third kappa shape index (κ3) is 1.38. The molecule has 2 aromatic carbocycles. The predicted molar refractivity (Wildman–Crippen MR) is 87.8 cm³/mol. The molecule has 2 heterocycles. The van der Waals surface area contributed by atoms with E-state index < -0.39 is 0 Å². The quantitative estimate of drug-likeness (QED) is 0.744. The van der Waals surface area contributed by atoms with Gasteiger partial charge in [-0.25, -0.2) is 4.79 Å². The highest BCUT2D eigenvalue weighted by Gasteiger charge is 2.31. The van der Waals surface area contributed by atoms with Crippen LogP contribution in [-0.2, 0) is 0 Å². The first kappa shape index (κ1) is 12.3. The van der Waals surface area contributed by atoms with Gasteiger partial charge in [0.1, 0.15) is 0 Å². The SMILES string of the molecule is CN1CN(C)c2ccc3c4c(ccc1c24)N(C)C(=O)N3C. The van der Waals surface area contributed by atoms with Gasteiger partial charge < -0.3 is 9.80 Å². The average molecular weight is 282 g/mol. The van der Waals surface area contributed by atoms with Crippen LogP contribution >= 0.6 is 0 Å².